The van der Waals surface area contributed by atoms with Crippen molar-refractivity contribution in [2.24, 2.45) is 5.92 Å². The highest BCUT2D eigenvalue weighted by Crippen LogP contribution is 2.48. The molecule has 2 unspecified atom stereocenters. The van der Waals surface area contributed by atoms with Gasteiger partial charge in [-0.3, -0.25) is 0 Å². The molecule has 0 aromatic heterocycles. The maximum absolute atomic E-state index is 2.56. The monoisotopic (exact) mass is 311 g/mol. The van der Waals surface area contributed by atoms with Gasteiger partial charge >= 0.3 is 0 Å². The number of fused-ring (bicyclic) bond motifs is 2. The summed E-state index contributed by atoms with van der Waals surface area (Å²) in [5, 5.41) is 0. The number of nitrogens with one attached hydrogen (secondary N) is 1. The SMILES string of the molecule is C[NH+]1CCCC(CN2c3ccccc3Sc3ccccc32)C1. The maximum atomic E-state index is 2.56. The van der Waals surface area contributed by atoms with Crippen LogP contribution in [0.5, 0.6) is 0 Å². The second kappa shape index (κ2) is 5.98. The summed E-state index contributed by atoms with van der Waals surface area (Å²) in [4.78, 5) is 7.02. The molecule has 22 heavy (non-hydrogen) atoms. The first kappa shape index (κ1) is 14.2. The van der Waals surface area contributed by atoms with Crippen LogP contribution in [0, 0.1) is 5.92 Å². The summed E-state index contributed by atoms with van der Waals surface area (Å²) in [6, 6.07) is 17.7. The summed E-state index contributed by atoms with van der Waals surface area (Å²) < 4.78 is 0. The van der Waals surface area contributed by atoms with Crippen molar-refractivity contribution in [1.29, 1.82) is 0 Å². The van der Waals surface area contributed by atoms with Crippen molar-refractivity contribution < 1.29 is 4.90 Å². The van der Waals surface area contributed by atoms with Gasteiger partial charge in [0, 0.05) is 22.3 Å². The molecule has 2 aromatic carbocycles. The van der Waals surface area contributed by atoms with Crippen molar-refractivity contribution in [2.45, 2.75) is 22.6 Å². The van der Waals surface area contributed by atoms with E-state index < -0.39 is 0 Å². The third-order valence-corrected chi connectivity index (χ3v) is 5.96. The van der Waals surface area contributed by atoms with E-state index in [2.05, 4.69) is 60.5 Å². The fourth-order valence-corrected chi connectivity index (χ4v) is 4.88. The fraction of sp³-hybridized carbons (Fsp3) is 0.368. The minimum absolute atomic E-state index is 0.790. The molecule has 2 aliphatic rings. The lowest BCUT2D eigenvalue weighted by Gasteiger charge is -2.37. The Kier molecular flexibility index (Phi) is 3.85. The van der Waals surface area contributed by atoms with Gasteiger partial charge in [0.2, 0.25) is 0 Å². The molecule has 0 aliphatic carbocycles. The molecule has 0 saturated carbocycles. The zero-order valence-electron chi connectivity index (χ0n) is 13.1. The Hall–Kier alpha value is -1.45. The van der Waals surface area contributed by atoms with Gasteiger partial charge in [0.25, 0.3) is 0 Å². The highest BCUT2D eigenvalue weighted by molar-refractivity contribution is 7.99. The molecule has 0 spiro atoms. The lowest BCUT2D eigenvalue weighted by atomic mass is 9.97. The molecule has 2 nitrogen and oxygen atoms in total. The van der Waals surface area contributed by atoms with E-state index in [1.54, 1.807) is 4.90 Å². The average Bonchev–Trinajstić information content (AvgIpc) is 2.55. The first-order valence-corrected chi connectivity index (χ1v) is 9.07. The van der Waals surface area contributed by atoms with Crippen molar-refractivity contribution in [3.63, 3.8) is 0 Å². The number of piperidine rings is 1. The first-order chi connectivity index (χ1) is 10.8. The molecule has 2 heterocycles. The van der Waals surface area contributed by atoms with Crippen LogP contribution in [-0.2, 0) is 0 Å². The molecule has 2 atom stereocenters. The molecule has 2 aliphatic heterocycles. The van der Waals surface area contributed by atoms with Crippen LogP contribution in [0.15, 0.2) is 58.3 Å². The molecule has 0 bridgehead atoms. The Balaban J connectivity index is 1.68. The van der Waals surface area contributed by atoms with Gasteiger partial charge in [0.1, 0.15) is 0 Å². The first-order valence-electron chi connectivity index (χ1n) is 8.26. The van der Waals surface area contributed by atoms with Crippen LogP contribution < -0.4 is 9.80 Å². The van der Waals surface area contributed by atoms with Gasteiger partial charge in [0.15, 0.2) is 0 Å². The smallest absolute Gasteiger partial charge is 0.0814 e. The van der Waals surface area contributed by atoms with E-state index >= 15 is 0 Å². The van der Waals surface area contributed by atoms with E-state index in [4.69, 9.17) is 0 Å². The normalized spacial score (nSPS) is 23.8. The third-order valence-electron chi connectivity index (χ3n) is 4.83. The topological polar surface area (TPSA) is 7.68 Å². The Morgan fingerprint density at radius 1 is 1.05 bits per heavy atom. The number of para-hydroxylation sites is 2. The van der Waals surface area contributed by atoms with Gasteiger partial charge in [-0.15, -0.1) is 0 Å². The fourth-order valence-electron chi connectivity index (χ4n) is 3.78. The van der Waals surface area contributed by atoms with Gasteiger partial charge < -0.3 is 9.80 Å². The van der Waals surface area contributed by atoms with Gasteiger partial charge in [-0.05, 0) is 37.1 Å². The minimum Gasteiger partial charge on any atom is -0.339 e. The lowest BCUT2D eigenvalue weighted by molar-refractivity contribution is -0.888. The van der Waals surface area contributed by atoms with Gasteiger partial charge in [-0.2, -0.15) is 0 Å². The van der Waals surface area contributed by atoms with E-state index in [-0.39, 0.29) is 0 Å². The molecule has 4 rings (SSSR count). The van der Waals surface area contributed by atoms with E-state index in [9.17, 15) is 0 Å². The van der Waals surface area contributed by atoms with Crippen LogP contribution in [0.2, 0.25) is 0 Å². The van der Waals surface area contributed by atoms with Gasteiger partial charge in [0.05, 0.1) is 31.5 Å². The van der Waals surface area contributed by atoms with Crippen molar-refractivity contribution >= 4 is 23.1 Å². The number of rotatable bonds is 2. The molecule has 3 heteroatoms. The summed E-state index contributed by atoms with van der Waals surface area (Å²) in [5.74, 6) is 0.790. The van der Waals surface area contributed by atoms with Crippen LogP contribution in [0.4, 0.5) is 11.4 Å². The number of hydrogen-bond acceptors (Lipinski definition) is 2. The molecule has 0 radical (unpaired) electrons. The molecule has 0 amide bonds. The Labute approximate surface area is 137 Å². The zero-order valence-corrected chi connectivity index (χ0v) is 13.9. The highest BCUT2D eigenvalue weighted by atomic mass is 32.2. The number of likely N-dealkylation sites (tertiary alicyclic amines) is 1. The predicted octanol–water partition coefficient (Wildman–Crippen LogP) is 3.21. The summed E-state index contributed by atoms with van der Waals surface area (Å²) >= 11 is 1.90. The molecule has 1 N–H and O–H groups in total. The summed E-state index contributed by atoms with van der Waals surface area (Å²) in [6.07, 6.45) is 2.73. The molecule has 1 fully saturated rings. The summed E-state index contributed by atoms with van der Waals surface area (Å²) in [5.41, 5.74) is 2.77. The zero-order chi connectivity index (χ0) is 14.9. The Bertz CT molecular complexity index is 624. The highest BCUT2D eigenvalue weighted by Gasteiger charge is 2.28. The van der Waals surface area contributed by atoms with Crippen molar-refractivity contribution in [3.05, 3.63) is 48.5 Å². The summed E-state index contributed by atoms with van der Waals surface area (Å²) in [6.45, 7) is 3.78. The lowest BCUT2D eigenvalue weighted by Crippen LogP contribution is -3.10. The largest absolute Gasteiger partial charge is 0.339 e. The van der Waals surface area contributed by atoms with Crippen molar-refractivity contribution in [3.8, 4) is 0 Å². The van der Waals surface area contributed by atoms with E-state index in [1.807, 2.05) is 11.8 Å². The van der Waals surface area contributed by atoms with E-state index in [1.165, 1.54) is 47.1 Å². The average molecular weight is 311 g/mol. The minimum atomic E-state index is 0.790. The van der Waals surface area contributed by atoms with E-state index in [0.29, 0.717) is 0 Å². The molecule has 1 saturated heterocycles. The number of quaternary nitrogens is 1. The van der Waals surface area contributed by atoms with Crippen LogP contribution in [-0.4, -0.2) is 26.7 Å². The predicted molar refractivity (Wildman–Crippen MR) is 93.4 cm³/mol. The standard InChI is InChI=1S/C19H22N2S/c1-20-12-6-7-15(13-20)14-21-16-8-2-4-10-18(16)22-19-11-5-3-9-17(19)21/h2-5,8-11,15H,6-7,12-14H2,1H3/p+1. The van der Waals surface area contributed by atoms with Gasteiger partial charge in [-0.1, -0.05) is 36.0 Å². The number of benzene rings is 2. The second-order valence-corrected chi connectivity index (χ2v) is 7.65. The maximum Gasteiger partial charge on any atom is 0.0814 e. The molecule has 114 valence electrons. The molecule has 2 aromatic rings. The Morgan fingerprint density at radius 2 is 1.68 bits per heavy atom. The quantitative estimate of drug-likeness (QED) is 0.911. The van der Waals surface area contributed by atoms with E-state index in [0.717, 1.165) is 12.5 Å². The number of anilines is 2. The van der Waals surface area contributed by atoms with Crippen LogP contribution in [0.25, 0.3) is 0 Å². The van der Waals surface area contributed by atoms with Crippen molar-refractivity contribution in [1.82, 2.24) is 0 Å². The molecular formula is C19H23N2S+. The van der Waals surface area contributed by atoms with Gasteiger partial charge in [-0.25, -0.2) is 0 Å². The van der Waals surface area contributed by atoms with Crippen LogP contribution in [0.3, 0.4) is 0 Å². The van der Waals surface area contributed by atoms with Crippen LogP contribution in [0.1, 0.15) is 12.8 Å². The number of nitrogens with zero attached hydrogens (tertiary/aromatic N) is 1. The van der Waals surface area contributed by atoms with Crippen molar-refractivity contribution in [2.75, 3.05) is 31.6 Å². The Morgan fingerprint density at radius 3 is 2.32 bits per heavy atom. The third kappa shape index (κ3) is 2.64. The summed E-state index contributed by atoms with van der Waals surface area (Å²) in [7, 11) is 2.33. The molecular weight excluding hydrogens is 288 g/mol. The second-order valence-electron chi connectivity index (χ2n) is 6.57. The van der Waals surface area contributed by atoms with Crippen LogP contribution >= 0.6 is 11.8 Å². The number of hydrogen-bond donors (Lipinski definition) is 1.